The van der Waals surface area contributed by atoms with Crippen LogP contribution in [0.4, 0.5) is 5.69 Å². The number of halogens is 1. The molecule has 0 bridgehead atoms. The average molecular weight is 586 g/mol. The number of aromatic nitrogens is 1. The number of hydrogen-bond donors (Lipinski definition) is 0. The third-order valence-corrected chi connectivity index (χ3v) is 8.54. The molecule has 0 saturated heterocycles. The van der Waals surface area contributed by atoms with Gasteiger partial charge in [-0.1, -0.05) is 65.4 Å². The Morgan fingerprint density at radius 3 is 2.39 bits per heavy atom. The standard InChI is InChI=1S/C31H24ClN3O5S/c1-17-24(30(38)40-3)26(19-10-14-21(39-2)15-11-19)35-29(37)27(41-31(35)33-17)25-22-6-4-5-7-23(22)34(28(25)36)16-18-8-12-20(32)13-9-18/h4-15,26H,16H2,1-3H3. The second kappa shape index (κ2) is 10.5. The van der Waals surface area contributed by atoms with Gasteiger partial charge >= 0.3 is 5.97 Å². The Labute approximate surface area is 244 Å². The van der Waals surface area contributed by atoms with E-state index in [0.29, 0.717) is 50.2 Å². The minimum Gasteiger partial charge on any atom is -0.497 e. The molecule has 1 unspecified atom stereocenters. The molecule has 0 spiro atoms. The van der Waals surface area contributed by atoms with E-state index in [2.05, 4.69) is 4.99 Å². The number of hydrogen-bond acceptors (Lipinski definition) is 7. The van der Waals surface area contributed by atoms with Crippen molar-refractivity contribution in [2.75, 3.05) is 19.1 Å². The van der Waals surface area contributed by atoms with Gasteiger partial charge in [0.05, 0.1) is 49.3 Å². The maximum Gasteiger partial charge on any atom is 0.338 e. The van der Waals surface area contributed by atoms with Crippen molar-refractivity contribution >= 4 is 46.1 Å². The van der Waals surface area contributed by atoms with Crippen molar-refractivity contribution in [1.82, 2.24) is 4.57 Å². The molecule has 206 valence electrons. The van der Waals surface area contributed by atoms with E-state index in [-0.39, 0.29) is 16.0 Å². The molecule has 0 radical (unpaired) electrons. The summed E-state index contributed by atoms with van der Waals surface area (Å²) in [6.07, 6.45) is 0. The van der Waals surface area contributed by atoms with Gasteiger partial charge in [-0.15, -0.1) is 0 Å². The van der Waals surface area contributed by atoms with Crippen LogP contribution in [0.5, 0.6) is 5.75 Å². The minimum atomic E-state index is -0.795. The zero-order valence-electron chi connectivity index (χ0n) is 22.4. The van der Waals surface area contributed by atoms with E-state index < -0.39 is 17.6 Å². The highest BCUT2D eigenvalue weighted by Crippen LogP contribution is 2.37. The molecule has 2 aliphatic heterocycles. The molecule has 0 fully saturated rings. The SMILES string of the molecule is COC(=O)C1=C(C)N=c2sc(=C3C(=O)N(Cc4ccc(Cl)cc4)c4ccccc43)c(=O)n2C1c1ccc(OC)cc1. The first-order valence-electron chi connectivity index (χ1n) is 12.8. The van der Waals surface area contributed by atoms with Gasteiger partial charge in [-0.3, -0.25) is 14.2 Å². The highest BCUT2D eigenvalue weighted by Gasteiger charge is 2.37. The fourth-order valence-electron chi connectivity index (χ4n) is 5.27. The quantitative estimate of drug-likeness (QED) is 0.331. The third-order valence-electron chi connectivity index (χ3n) is 7.24. The number of carbonyl (C=O) groups is 2. The van der Waals surface area contributed by atoms with Crippen LogP contribution in [0.1, 0.15) is 29.7 Å². The highest BCUT2D eigenvalue weighted by molar-refractivity contribution is 7.07. The van der Waals surface area contributed by atoms with Crippen molar-refractivity contribution in [3.05, 3.63) is 125 Å². The summed E-state index contributed by atoms with van der Waals surface area (Å²) in [5, 5.41) is 0.608. The maximum atomic E-state index is 14.2. The number of methoxy groups -OCH3 is 2. The van der Waals surface area contributed by atoms with Gasteiger partial charge in [0.1, 0.15) is 10.3 Å². The molecule has 0 aliphatic carbocycles. The number of anilines is 1. The van der Waals surface area contributed by atoms with Crippen LogP contribution < -0.4 is 24.5 Å². The Hall–Kier alpha value is -4.47. The molecule has 6 rings (SSSR count). The molecule has 4 aromatic rings. The lowest BCUT2D eigenvalue weighted by Crippen LogP contribution is -2.40. The lowest BCUT2D eigenvalue weighted by molar-refractivity contribution is -0.136. The monoisotopic (exact) mass is 585 g/mol. The molecule has 2 aliphatic rings. The molecular formula is C31H24ClN3O5S. The zero-order chi connectivity index (χ0) is 28.8. The summed E-state index contributed by atoms with van der Waals surface area (Å²) in [5.41, 5.74) is 3.57. The first-order valence-corrected chi connectivity index (χ1v) is 13.9. The van der Waals surface area contributed by atoms with Crippen LogP contribution in [0.15, 0.2) is 93.9 Å². The third kappa shape index (κ3) is 4.47. The van der Waals surface area contributed by atoms with Crippen molar-refractivity contribution < 1.29 is 19.1 Å². The Morgan fingerprint density at radius 2 is 1.71 bits per heavy atom. The molecule has 1 atom stereocenters. The van der Waals surface area contributed by atoms with Crippen LogP contribution in [0.2, 0.25) is 5.02 Å². The lowest BCUT2D eigenvalue weighted by Gasteiger charge is -2.24. The number of rotatable bonds is 5. The number of allylic oxidation sites excluding steroid dienone is 1. The number of esters is 1. The first kappa shape index (κ1) is 26.7. The van der Waals surface area contributed by atoms with Crippen LogP contribution in [0, 0.1) is 0 Å². The Kier molecular flexibility index (Phi) is 6.84. The fourth-order valence-corrected chi connectivity index (χ4v) is 6.54. The van der Waals surface area contributed by atoms with Gasteiger partial charge in [0.15, 0.2) is 4.80 Å². The maximum absolute atomic E-state index is 14.2. The van der Waals surface area contributed by atoms with Crippen molar-refractivity contribution in [3.8, 4) is 5.75 Å². The average Bonchev–Trinajstić information content (AvgIpc) is 3.45. The van der Waals surface area contributed by atoms with Crippen LogP contribution in [-0.4, -0.2) is 30.7 Å². The van der Waals surface area contributed by atoms with Crippen molar-refractivity contribution in [3.63, 3.8) is 0 Å². The van der Waals surface area contributed by atoms with Crippen molar-refractivity contribution in [2.45, 2.75) is 19.5 Å². The van der Waals surface area contributed by atoms with Crippen LogP contribution in [0.3, 0.4) is 0 Å². The summed E-state index contributed by atoms with van der Waals surface area (Å²) in [5.74, 6) is -0.226. The van der Waals surface area contributed by atoms with E-state index in [4.69, 9.17) is 21.1 Å². The Morgan fingerprint density at radius 1 is 1.00 bits per heavy atom. The second-order valence-electron chi connectivity index (χ2n) is 9.58. The number of thiazole rings is 1. The molecule has 8 nitrogen and oxygen atoms in total. The van der Waals surface area contributed by atoms with Crippen LogP contribution in [0.25, 0.3) is 5.57 Å². The van der Waals surface area contributed by atoms with Gasteiger partial charge in [-0.25, -0.2) is 9.79 Å². The number of fused-ring (bicyclic) bond motifs is 2. The fraction of sp³-hybridized carbons (Fsp3) is 0.161. The highest BCUT2D eigenvalue weighted by atomic mass is 35.5. The summed E-state index contributed by atoms with van der Waals surface area (Å²) in [7, 11) is 2.86. The number of amides is 1. The van der Waals surface area contributed by atoms with Crippen molar-refractivity contribution in [2.24, 2.45) is 4.99 Å². The number of para-hydroxylation sites is 1. The van der Waals surface area contributed by atoms with Gasteiger partial charge in [-0.2, -0.15) is 0 Å². The number of ether oxygens (including phenoxy) is 2. The largest absolute Gasteiger partial charge is 0.497 e. The summed E-state index contributed by atoms with van der Waals surface area (Å²) in [6, 6.07) is 21.1. The number of carbonyl (C=O) groups excluding carboxylic acids is 2. The smallest absolute Gasteiger partial charge is 0.338 e. The molecule has 41 heavy (non-hydrogen) atoms. The van der Waals surface area contributed by atoms with Gasteiger partial charge in [0.25, 0.3) is 11.5 Å². The molecule has 1 amide bonds. The molecule has 10 heteroatoms. The zero-order valence-corrected chi connectivity index (χ0v) is 24.0. The predicted octanol–water partition coefficient (Wildman–Crippen LogP) is 3.99. The molecule has 0 N–H and O–H groups in total. The molecular weight excluding hydrogens is 562 g/mol. The summed E-state index contributed by atoms with van der Waals surface area (Å²) in [4.78, 5) is 47.9. The topological polar surface area (TPSA) is 90.2 Å². The number of benzene rings is 3. The number of nitrogens with zero attached hydrogens (tertiary/aromatic N) is 3. The van der Waals surface area contributed by atoms with E-state index in [9.17, 15) is 14.4 Å². The van der Waals surface area contributed by atoms with Crippen LogP contribution >= 0.6 is 22.9 Å². The minimum absolute atomic E-state index is 0.254. The first-order chi connectivity index (χ1) is 19.8. The van der Waals surface area contributed by atoms with Gasteiger partial charge < -0.3 is 14.4 Å². The molecule has 0 saturated carbocycles. The van der Waals surface area contributed by atoms with E-state index in [1.807, 2.05) is 36.4 Å². The van der Waals surface area contributed by atoms with Gasteiger partial charge in [0.2, 0.25) is 0 Å². The molecule has 1 aromatic heterocycles. The summed E-state index contributed by atoms with van der Waals surface area (Å²) >= 11 is 7.20. The van der Waals surface area contributed by atoms with Gasteiger partial charge in [0, 0.05) is 10.6 Å². The Balaban J connectivity index is 1.56. The van der Waals surface area contributed by atoms with Crippen molar-refractivity contribution in [1.29, 1.82) is 0 Å². The summed E-state index contributed by atoms with van der Waals surface area (Å²) < 4.78 is 12.1. The van der Waals surface area contributed by atoms with E-state index in [1.165, 1.54) is 11.7 Å². The molecule has 3 heterocycles. The Bertz CT molecular complexity index is 1920. The molecule has 3 aromatic carbocycles. The van der Waals surface area contributed by atoms with E-state index in [1.54, 1.807) is 55.3 Å². The van der Waals surface area contributed by atoms with E-state index >= 15 is 0 Å². The predicted molar refractivity (Wildman–Crippen MR) is 157 cm³/mol. The normalized spacial score (nSPS) is 17.2. The second-order valence-corrected chi connectivity index (χ2v) is 11.0. The summed E-state index contributed by atoms with van der Waals surface area (Å²) in [6.45, 7) is 2.03. The lowest BCUT2D eigenvalue weighted by atomic mass is 9.96. The van der Waals surface area contributed by atoms with Gasteiger partial charge in [-0.05, 0) is 48.4 Å². The van der Waals surface area contributed by atoms with E-state index in [0.717, 1.165) is 16.9 Å². The van der Waals surface area contributed by atoms with Crippen LogP contribution in [-0.2, 0) is 20.9 Å².